The number of aromatic amines is 1. The molecule has 20 heavy (non-hydrogen) atoms. The van der Waals surface area contributed by atoms with Crippen LogP contribution in [0, 0.1) is 0 Å². The molecular weight excluding hydrogens is 320 g/mol. The zero-order chi connectivity index (χ0) is 14.1. The molecule has 0 saturated carbocycles. The normalized spacial score (nSPS) is 10.8. The highest BCUT2D eigenvalue weighted by Gasteiger charge is 2.13. The number of H-pyrrole nitrogens is 1. The molecule has 102 valence electrons. The summed E-state index contributed by atoms with van der Waals surface area (Å²) < 4.78 is 11.5. The second-order valence-corrected chi connectivity index (χ2v) is 5.14. The maximum atomic E-state index is 5.34. The first-order valence-electron chi connectivity index (χ1n) is 6.09. The van der Waals surface area contributed by atoms with Crippen LogP contribution in [-0.2, 0) is 0 Å². The minimum Gasteiger partial charge on any atom is -0.493 e. The number of nitrogens with one attached hydrogen (secondary N) is 1. The SMILES string of the molecule is COc1cc(Br)c(-c2nc3ccccc3[nH]2)cc1OC. The molecule has 3 rings (SSSR count). The minimum absolute atomic E-state index is 0.672. The number of rotatable bonds is 3. The monoisotopic (exact) mass is 332 g/mol. The molecule has 0 fully saturated rings. The molecule has 3 aromatic rings. The Bertz CT molecular complexity index is 735. The fourth-order valence-electron chi connectivity index (χ4n) is 2.12. The second-order valence-electron chi connectivity index (χ2n) is 4.29. The molecule has 0 unspecified atom stereocenters. The summed E-state index contributed by atoms with van der Waals surface area (Å²) in [6.45, 7) is 0. The van der Waals surface area contributed by atoms with Crippen molar-refractivity contribution < 1.29 is 9.47 Å². The number of aromatic nitrogens is 2. The van der Waals surface area contributed by atoms with Gasteiger partial charge in [-0.2, -0.15) is 0 Å². The molecule has 0 saturated heterocycles. The molecule has 0 radical (unpaired) electrons. The highest BCUT2D eigenvalue weighted by molar-refractivity contribution is 9.10. The molecule has 5 heteroatoms. The summed E-state index contributed by atoms with van der Waals surface area (Å²) in [5.74, 6) is 2.14. The highest BCUT2D eigenvalue weighted by Crippen LogP contribution is 2.37. The number of hydrogen-bond acceptors (Lipinski definition) is 3. The van der Waals surface area contributed by atoms with Crippen molar-refractivity contribution >= 4 is 27.0 Å². The Morgan fingerprint density at radius 1 is 1.05 bits per heavy atom. The lowest BCUT2D eigenvalue weighted by Gasteiger charge is -2.10. The van der Waals surface area contributed by atoms with Crippen LogP contribution in [0.15, 0.2) is 40.9 Å². The second kappa shape index (κ2) is 5.17. The van der Waals surface area contributed by atoms with E-state index >= 15 is 0 Å². The van der Waals surface area contributed by atoms with Crippen LogP contribution in [0.2, 0.25) is 0 Å². The molecule has 1 N–H and O–H groups in total. The molecular formula is C15H13BrN2O2. The van der Waals surface area contributed by atoms with Crippen LogP contribution in [0.5, 0.6) is 11.5 Å². The lowest BCUT2D eigenvalue weighted by atomic mass is 10.2. The maximum absolute atomic E-state index is 5.34. The Morgan fingerprint density at radius 3 is 2.45 bits per heavy atom. The van der Waals surface area contributed by atoms with Crippen LogP contribution in [0.4, 0.5) is 0 Å². The fraction of sp³-hybridized carbons (Fsp3) is 0.133. The number of methoxy groups -OCH3 is 2. The summed E-state index contributed by atoms with van der Waals surface area (Å²) in [7, 11) is 3.24. The van der Waals surface area contributed by atoms with Gasteiger partial charge < -0.3 is 14.5 Å². The van der Waals surface area contributed by atoms with Gasteiger partial charge in [-0.3, -0.25) is 0 Å². The number of fused-ring (bicyclic) bond motifs is 1. The van der Waals surface area contributed by atoms with Gasteiger partial charge in [0.2, 0.25) is 0 Å². The first-order valence-corrected chi connectivity index (χ1v) is 6.89. The number of imidazole rings is 1. The average molecular weight is 333 g/mol. The van der Waals surface area contributed by atoms with Crippen molar-refractivity contribution in [3.05, 3.63) is 40.9 Å². The van der Waals surface area contributed by atoms with E-state index in [0.29, 0.717) is 11.5 Å². The molecule has 1 heterocycles. The standard InChI is InChI=1S/C15H13BrN2O2/c1-19-13-7-9(10(16)8-14(13)20-2)15-17-11-5-3-4-6-12(11)18-15/h3-8H,1-2H3,(H,17,18). The summed E-state index contributed by atoms with van der Waals surface area (Å²) in [6.07, 6.45) is 0. The zero-order valence-electron chi connectivity index (χ0n) is 11.1. The van der Waals surface area contributed by atoms with Gasteiger partial charge in [-0.15, -0.1) is 0 Å². The van der Waals surface area contributed by atoms with Crippen LogP contribution in [0.25, 0.3) is 22.4 Å². The summed E-state index contributed by atoms with van der Waals surface area (Å²) in [5, 5.41) is 0. The Balaban J connectivity index is 2.18. The summed E-state index contributed by atoms with van der Waals surface area (Å²) >= 11 is 3.55. The topological polar surface area (TPSA) is 47.1 Å². The van der Waals surface area contributed by atoms with Crippen molar-refractivity contribution in [3.8, 4) is 22.9 Å². The quantitative estimate of drug-likeness (QED) is 0.788. The van der Waals surface area contributed by atoms with E-state index in [-0.39, 0.29) is 0 Å². The molecule has 0 aliphatic heterocycles. The maximum Gasteiger partial charge on any atom is 0.161 e. The fourth-order valence-corrected chi connectivity index (χ4v) is 2.63. The van der Waals surface area contributed by atoms with E-state index < -0.39 is 0 Å². The smallest absolute Gasteiger partial charge is 0.161 e. The first-order chi connectivity index (χ1) is 9.72. The Hall–Kier alpha value is -2.01. The Labute approximate surface area is 124 Å². The van der Waals surface area contributed by atoms with Gasteiger partial charge in [0.1, 0.15) is 5.82 Å². The van der Waals surface area contributed by atoms with Gasteiger partial charge >= 0.3 is 0 Å². The van der Waals surface area contributed by atoms with Gasteiger partial charge in [-0.05, 0) is 40.2 Å². The third-order valence-electron chi connectivity index (χ3n) is 3.12. The third-order valence-corrected chi connectivity index (χ3v) is 3.77. The number of para-hydroxylation sites is 2. The zero-order valence-corrected chi connectivity index (χ0v) is 12.7. The number of ether oxygens (including phenoxy) is 2. The third kappa shape index (κ3) is 2.14. The van der Waals surface area contributed by atoms with Crippen LogP contribution >= 0.6 is 15.9 Å². The molecule has 0 atom stereocenters. The van der Waals surface area contributed by atoms with Crippen molar-refractivity contribution in [2.45, 2.75) is 0 Å². The first kappa shape index (κ1) is 13.0. The van der Waals surface area contributed by atoms with Crippen LogP contribution in [0.3, 0.4) is 0 Å². The number of halogens is 1. The Kier molecular flexibility index (Phi) is 3.36. The highest BCUT2D eigenvalue weighted by atomic mass is 79.9. The van der Waals surface area contributed by atoms with Crippen molar-refractivity contribution in [3.63, 3.8) is 0 Å². The molecule has 0 bridgehead atoms. The van der Waals surface area contributed by atoms with Crippen molar-refractivity contribution in [2.75, 3.05) is 14.2 Å². The molecule has 2 aromatic carbocycles. The predicted molar refractivity (Wildman–Crippen MR) is 82.3 cm³/mol. The summed E-state index contributed by atoms with van der Waals surface area (Å²) in [6, 6.07) is 11.7. The van der Waals surface area contributed by atoms with E-state index in [4.69, 9.17) is 9.47 Å². The summed E-state index contributed by atoms with van der Waals surface area (Å²) in [5.41, 5.74) is 2.87. The lowest BCUT2D eigenvalue weighted by molar-refractivity contribution is 0.355. The molecule has 0 aliphatic rings. The van der Waals surface area contributed by atoms with E-state index in [1.165, 1.54) is 0 Å². The van der Waals surface area contributed by atoms with E-state index in [1.807, 2.05) is 36.4 Å². The lowest BCUT2D eigenvalue weighted by Crippen LogP contribution is -1.92. The van der Waals surface area contributed by atoms with Gasteiger partial charge in [-0.25, -0.2) is 4.98 Å². The largest absolute Gasteiger partial charge is 0.493 e. The predicted octanol–water partition coefficient (Wildman–Crippen LogP) is 4.01. The summed E-state index contributed by atoms with van der Waals surface area (Å²) in [4.78, 5) is 7.90. The molecule has 4 nitrogen and oxygen atoms in total. The van der Waals surface area contributed by atoms with Crippen molar-refractivity contribution in [1.29, 1.82) is 0 Å². The Morgan fingerprint density at radius 2 is 1.75 bits per heavy atom. The van der Waals surface area contributed by atoms with Gasteiger partial charge in [0.15, 0.2) is 11.5 Å². The number of hydrogen-bond donors (Lipinski definition) is 1. The van der Waals surface area contributed by atoms with Gasteiger partial charge in [0.05, 0.1) is 25.3 Å². The number of benzene rings is 2. The molecule has 0 amide bonds. The van der Waals surface area contributed by atoms with Gasteiger partial charge in [-0.1, -0.05) is 12.1 Å². The average Bonchev–Trinajstić information content (AvgIpc) is 2.90. The van der Waals surface area contributed by atoms with Crippen molar-refractivity contribution in [1.82, 2.24) is 9.97 Å². The van der Waals surface area contributed by atoms with Gasteiger partial charge in [0.25, 0.3) is 0 Å². The molecule has 0 spiro atoms. The van der Waals surface area contributed by atoms with E-state index in [9.17, 15) is 0 Å². The molecule has 1 aromatic heterocycles. The minimum atomic E-state index is 0.672. The van der Waals surface area contributed by atoms with Gasteiger partial charge in [0, 0.05) is 10.0 Å². The van der Waals surface area contributed by atoms with Crippen LogP contribution in [0.1, 0.15) is 0 Å². The molecule has 0 aliphatic carbocycles. The number of nitrogens with zero attached hydrogens (tertiary/aromatic N) is 1. The van der Waals surface area contributed by atoms with Crippen LogP contribution < -0.4 is 9.47 Å². The van der Waals surface area contributed by atoms with Crippen LogP contribution in [-0.4, -0.2) is 24.2 Å². The van der Waals surface area contributed by atoms with E-state index in [1.54, 1.807) is 14.2 Å². The van der Waals surface area contributed by atoms with E-state index in [2.05, 4.69) is 25.9 Å². The van der Waals surface area contributed by atoms with E-state index in [0.717, 1.165) is 26.9 Å². The van der Waals surface area contributed by atoms with Crippen molar-refractivity contribution in [2.24, 2.45) is 0 Å².